The molecule has 4 heteroatoms. The third-order valence-corrected chi connectivity index (χ3v) is 5.98. The van der Waals surface area contributed by atoms with E-state index >= 15 is 0 Å². The highest BCUT2D eigenvalue weighted by Crippen LogP contribution is 2.42. The number of aliphatic carboxylic acids is 1. The second-order valence-electron chi connectivity index (χ2n) is 6.53. The average molecular weight is 305 g/mol. The minimum Gasteiger partial charge on any atom is -0.480 e. The summed E-state index contributed by atoms with van der Waals surface area (Å²) in [4.78, 5) is 13.0. The predicted molar refractivity (Wildman–Crippen MR) is 85.9 cm³/mol. The molecule has 2 aliphatic carbocycles. The van der Waals surface area contributed by atoms with Crippen LogP contribution in [0.5, 0.6) is 0 Å². The Morgan fingerprint density at radius 2 is 2.05 bits per heavy atom. The lowest BCUT2D eigenvalue weighted by atomic mass is 9.98. The maximum Gasteiger partial charge on any atom is 0.323 e. The Kier molecular flexibility index (Phi) is 4.02. The number of hydrogen-bond donors (Lipinski definition) is 2. The molecule has 1 aromatic rings. The lowest BCUT2D eigenvalue weighted by Gasteiger charge is -2.26. The molecule has 3 rings (SSSR count). The lowest BCUT2D eigenvalue weighted by Crippen LogP contribution is -2.51. The highest BCUT2D eigenvalue weighted by molar-refractivity contribution is 8.00. The fourth-order valence-electron chi connectivity index (χ4n) is 3.09. The second kappa shape index (κ2) is 5.65. The topological polar surface area (TPSA) is 49.3 Å². The number of rotatable bonds is 5. The van der Waals surface area contributed by atoms with Gasteiger partial charge in [0.05, 0.1) is 0 Å². The van der Waals surface area contributed by atoms with E-state index in [4.69, 9.17) is 0 Å². The summed E-state index contributed by atoms with van der Waals surface area (Å²) >= 11 is 1.84. The highest BCUT2D eigenvalue weighted by Gasteiger charge is 2.48. The van der Waals surface area contributed by atoms with E-state index in [9.17, 15) is 9.90 Å². The van der Waals surface area contributed by atoms with Crippen molar-refractivity contribution in [1.29, 1.82) is 0 Å². The van der Waals surface area contributed by atoms with Gasteiger partial charge in [-0.3, -0.25) is 10.1 Å². The van der Waals surface area contributed by atoms with Crippen molar-refractivity contribution in [2.75, 3.05) is 0 Å². The third-order valence-electron chi connectivity index (χ3n) is 4.72. The van der Waals surface area contributed by atoms with Crippen molar-refractivity contribution in [1.82, 2.24) is 5.32 Å². The van der Waals surface area contributed by atoms with Crippen LogP contribution in [0, 0.1) is 13.8 Å². The van der Waals surface area contributed by atoms with Crippen molar-refractivity contribution < 1.29 is 9.90 Å². The molecule has 2 N–H and O–H groups in total. The second-order valence-corrected chi connectivity index (χ2v) is 7.91. The van der Waals surface area contributed by atoms with E-state index in [1.165, 1.54) is 16.0 Å². The Morgan fingerprint density at radius 1 is 1.29 bits per heavy atom. The van der Waals surface area contributed by atoms with Crippen LogP contribution in [0.2, 0.25) is 0 Å². The Labute approximate surface area is 130 Å². The number of thioether (sulfide) groups is 1. The Hall–Kier alpha value is -1.00. The Balaban J connectivity index is 1.67. The molecule has 0 amide bonds. The largest absolute Gasteiger partial charge is 0.480 e. The molecule has 0 saturated heterocycles. The van der Waals surface area contributed by atoms with E-state index in [1.54, 1.807) is 0 Å². The van der Waals surface area contributed by atoms with Crippen LogP contribution in [0.25, 0.3) is 0 Å². The summed E-state index contributed by atoms with van der Waals surface area (Å²) in [6, 6.07) is 6.96. The first-order valence-corrected chi connectivity index (χ1v) is 8.61. The summed E-state index contributed by atoms with van der Waals surface area (Å²) in [6.45, 7) is 4.25. The Bertz CT molecular complexity index is 556. The number of benzene rings is 1. The van der Waals surface area contributed by atoms with Gasteiger partial charge in [0.25, 0.3) is 0 Å². The first-order valence-electron chi connectivity index (χ1n) is 7.73. The summed E-state index contributed by atoms with van der Waals surface area (Å²) < 4.78 is 0. The zero-order valence-corrected chi connectivity index (χ0v) is 13.5. The summed E-state index contributed by atoms with van der Waals surface area (Å²) in [7, 11) is 0. The van der Waals surface area contributed by atoms with Gasteiger partial charge < -0.3 is 5.11 Å². The van der Waals surface area contributed by atoms with E-state index in [-0.39, 0.29) is 0 Å². The summed E-state index contributed by atoms with van der Waals surface area (Å²) in [5.41, 5.74) is 1.93. The first-order chi connectivity index (χ1) is 9.98. The van der Waals surface area contributed by atoms with Crippen molar-refractivity contribution in [3.63, 3.8) is 0 Å². The molecule has 21 heavy (non-hydrogen) atoms. The van der Waals surface area contributed by atoms with Crippen LogP contribution in [-0.4, -0.2) is 27.9 Å². The molecule has 2 saturated carbocycles. The number of carboxylic acid groups (broad SMARTS) is 1. The van der Waals surface area contributed by atoms with E-state index in [0.717, 1.165) is 32.1 Å². The molecule has 3 nitrogen and oxygen atoms in total. The van der Waals surface area contributed by atoms with Gasteiger partial charge in [-0.25, -0.2) is 0 Å². The van der Waals surface area contributed by atoms with Gasteiger partial charge in [0.15, 0.2) is 0 Å². The summed E-state index contributed by atoms with van der Waals surface area (Å²) in [5, 5.41) is 13.4. The van der Waals surface area contributed by atoms with Gasteiger partial charge >= 0.3 is 5.97 Å². The fourth-order valence-corrected chi connectivity index (χ4v) is 4.47. The number of carboxylic acids is 1. The van der Waals surface area contributed by atoms with Crippen LogP contribution in [0.15, 0.2) is 23.1 Å². The van der Waals surface area contributed by atoms with Crippen LogP contribution in [0.1, 0.15) is 43.2 Å². The molecule has 2 aliphatic rings. The van der Waals surface area contributed by atoms with E-state index in [0.29, 0.717) is 11.3 Å². The van der Waals surface area contributed by atoms with Gasteiger partial charge in [-0.15, -0.1) is 11.8 Å². The van der Waals surface area contributed by atoms with Gasteiger partial charge in [0, 0.05) is 16.2 Å². The molecule has 0 aromatic heterocycles. The molecule has 2 unspecified atom stereocenters. The van der Waals surface area contributed by atoms with Crippen molar-refractivity contribution in [2.24, 2.45) is 0 Å². The molecular formula is C17H23NO2S. The zero-order chi connectivity index (χ0) is 15.0. The smallest absolute Gasteiger partial charge is 0.323 e. The molecule has 114 valence electrons. The molecule has 0 heterocycles. The summed E-state index contributed by atoms with van der Waals surface area (Å²) in [5.74, 6) is -0.669. The first kappa shape index (κ1) is 14.9. The van der Waals surface area contributed by atoms with E-state index < -0.39 is 11.5 Å². The molecule has 0 bridgehead atoms. The maximum absolute atomic E-state index is 11.7. The van der Waals surface area contributed by atoms with Gasteiger partial charge in [-0.1, -0.05) is 6.07 Å². The number of hydrogen-bond acceptors (Lipinski definition) is 3. The van der Waals surface area contributed by atoms with Crippen LogP contribution in [-0.2, 0) is 4.79 Å². The maximum atomic E-state index is 11.7. The van der Waals surface area contributed by atoms with Crippen molar-refractivity contribution in [3.05, 3.63) is 29.3 Å². The SMILES string of the molecule is Cc1ccc(SC2CCC(NC3CC3)(C(=O)O)C2)cc1C. The normalized spacial score (nSPS) is 28.8. The minimum atomic E-state index is -0.682. The molecule has 0 radical (unpaired) electrons. The number of aryl methyl sites for hydroxylation is 2. The third kappa shape index (κ3) is 3.27. The molecule has 0 aliphatic heterocycles. The van der Waals surface area contributed by atoms with Gasteiger partial charge in [-0.05, 0) is 69.2 Å². The Morgan fingerprint density at radius 3 is 2.67 bits per heavy atom. The van der Waals surface area contributed by atoms with E-state index in [2.05, 4.69) is 37.4 Å². The minimum absolute atomic E-state index is 0.398. The quantitative estimate of drug-likeness (QED) is 0.874. The van der Waals surface area contributed by atoms with Crippen molar-refractivity contribution in [3.8, 4) is 0 Å². The van der Waals surface area contributed by atoms with Gasteiger partial charge in [0.1, 0.15) is 5.54 Å². The van der Waals surface area contributed by atoms with Crippen LogP contribution < -0.4 is 5.32 Å². The van der Waals surface area contributed by atoms with Gasteiger partial charge in [0.2, 0.25) is 0 Å². The highest BCUT2D eigenvalue weighted by atomic mass is 32.2. The molecular weight excluding hydrogens is 282 g/mol. The molecule has 0 spiro atoms. The summed E-state index contributed by atoms with van der Waals surface area (Å²) in [6.07, 6.45) is 4.72. The zero-order valence-electron chi connectivity index (χ0n) is 12.7. The number of carbonyl (C=O) groups is 1. The van der Waals surface area contributed by atoms with Crippen LogP contribution in [0.4, 0.5) is 0 Å². The molecule has 1 aromatic carbocycles. The molecule has 2 atom stereocenters. The van der Waals surface area contributed by atoms with Crippen molar-refractivity contribution in [2.45, 2.75) is 67.7 Å². The fraction of sp³-hybridized carbons (Fsp3) is 0.588. The standard InChI is InChI=1S/C17H23NO2S/c1-11-3-6-14(9-12(11)2)21-15-7-8-17(10-15,16(19)20)18-13-4-5-13/h3,6,9,13,15,18H,4-5,7-8,10H2,1-2H3,(H,19,20). The number of nitrogens with one attached hydrogen (secondary N) is 1. The monoisotopic (exact) mass is 305 g/mol. The predicted octanol–water partition coefficient (Wildman–Crippen LogP) is 3.52. The van der Waals surface area contributed by atoms with Crippen LogP contribution in [0.3, 0.4) is 0 Å². The van der Waals surface area contributed by atoms with E-state index in [1.807, 2.05) is 11.8 Å². The van der Waals surface area contributed by atoms with Gasteiger partial charge in [-0.2, -0.15) is 0 Å². The molecule has 2 fully saturated rings. The lowest BCUT2D eigenvalue weighted by molar-refractivity contribution is -0.144. The van der Waals surface area contributed by atoms with Crippen LogP contribution >= 0.6 is 11.8 Å². The van der Waals surface area contributed by atoms with Crippen molar-refractivity contribution >= 4 is 17.7 Å². The average Bonchev–Trinajstić information content (AvgIpc) is 3.14.